The van der Waals surface area contributed by atoms with Crippen molar-refractivity contribution in [2.24, 2.45) is 11.3 Å². The van der Waals surface area contributed by atoms with Crippen molar-refractivity contribution in [1.82, 2.24) is 0 Å². The highest BCUT2D eigenvalue weighted by atomic mass is 28.4. The Labute approximate surface area is 210 Å². The molecule has 4 heteroatoms. The lowest BCUT2D eigenvalue weighted by molar-refractivity contribution is -0.119. The van der Waals surface area contributed by atoms with Crippen molar-refractivity contribution in [1.29, 1.82) is 0 Å². The molecule has 1 aliphatic carbocycles. The number of carbonyl (C=O) groups excluding carboxylic acids is 1. The molecule has 34 heavy (non-hydrogen) atoms. The van der Waals surface area contributed by atoms with E-state index in [-0.39, 0.29) is 16.4 Å². The number of hydrogen-bond acceptors (Lipinski definition) is 3. The van der Waals surface area contributed by atoms with Gasteiger partial charge in [0.1, 0.15) is 5.78 Å². The molecular formula is C30H48O3Si. The van der Waals surface area contributed by atoms with E-state index >= 15 is 0 Å². The number of rotatable bonds is 13. The highest BCUT2D eigenvalue weighted by Crippen LogP contribution is 2.42. The van der Waals surface area contributed by atoms with E-state index in [0.717, 1.165) is 19.3 Å². The number of carbonyl (C=O) groups is 1. The second-order valence-electron chi connectivity index (χ2n) is 12.2. The Morgan fingerprint density at radius 1 is 1.18 bits per heavy atom. The van der Waals surface area contributed by atoms with Crippen molar-refractivity contribution in [3.8, 4) is 0 Å². The number of hydrogen-bond donors (Lipinski definition) is 0. The maximum atomic E-state index is 12.7. The summed E-state index contributed by atoms with van der Waals surface area (Å²) in [6.07, 6.45) is 9.00. The molecule has 0 N–H and O–H groups in total. The summed E-state index contributed by atoms with van der Waals surface area (Å²) in [4.78, 5) is 12.7. The van der Waals surface area contributed by atoms with Gasteiger partial charge in [0.25, 0.3) is 0 Å². The molecule has 3 nitrogen and oxygen atoms in total. The Morgan fingerprint density at radius 3 is 2.50 bits per heavy atom. The predicted octanol–water partition coefficient (Wildman–Crippen LogP) is 8.27. The monoisotopic (exact) mass is 484 g/mol. The summed E-state index contributed by atoms with van der Waals surface area (Å²) < 4.78 is 12.3. The van der Waals surface area contributed by atoms with Crippen LogP contribution in [-0.4, -0.2) is 27.3 Å². The van der Waals surface area contributed by atoms with Crippen LogP contribution < -0.4 is 0 Å². The van der Waals surface area contributed by atoms with Crippen molar-refractivity contribution in [2.45, 2.75) is 98.4 Å². The predicted molar refractivity (Wildman–Crippen MR) is 146 cm³/mol. The van der Waals surface area contributed by atoms with E-state index in [9.17, 15) is 4.79 Å². The first-order valence-electron chi connectivity index (χ1n) is 12.9. The number of Topliss-reactive ketones (excluding diaryl/α,β-unsaturated/α-hetero) is 1. The highest BCUT2D eigenvalue weighted by molar-refractivity contribution is 6.74. The van der Waals surface area contributed by atoms with Crippen molar-refractivity contribution >= 4 is 14.1 Å². The molecule has 0 bridgehead atoms. The summed E-state index contributed by atoms with van der Waals surface area (Å²) in [5.74, 6) is 0.580. The fraction of sp³-hybridized carbons (Fsp3) is 0.633. The number of ether oxygens (including phenoxy) is 1. The minimum absolute atomic E-state index is 0.130. The van der Waals surface area contributed by atoms with Gasteiger partial charge in [-0.2, -0.15) is 0 Å². The average Bonchev–Trinajstić information content (AvgIpc) is 3.11. The van der Waals surface area contributed by atoms with Crippen LogP contribution in [0.5, 0.6) is 0 Å². The van der Waals surface area contributed by atoms with E-state index in [1.165, 1.54) is 16.7 Å². The number of ketones is 1. The van der Waals surface area contributed by atoms with Crippen LogP contribution in [0.25, 0.3) is 0 Å². The van der Waals surface area contributed by atoms with E-state index in [1.807, 2.05) is 6.07 Å². The van der Waals surface area contributed by atoms with Gasteiger partial charge in [0, 0.05) is 19.4 Å². The van der Waals surface area contributed by atoms with Crippen molar-refractivity contribution in [3.63, 3.8) is 0 Å². The van der Waals surface area contributed by atoms with Crippen LogP contribution in [0.3, 0.4) is 0 Å². The molecule has 0 amide bonds. The lowest BCUT2D eigenvalue weighted by Gasteiger charge is -2.37. The first kappa shape index (κ1) is 28.7. The van der Waals surface area contributed by atoms with Crippen molar-refractivity contribution in [2.75, 3.05) is 13.2 Å². The quantitative estimate of drug-likeness (QED) is 0.209. The molecule has 1 aromatic rings. The Morgan fingerprint density at radius 2 is 1.85 bits per heavy atom. The van der Waals surface area contributed by atoms with Crippen LogP contribution in [0.1, 0.15) is 79.2 Å². The Hall–Kier alpha value is -1.49. The highest BCUT2D eigenvalue weighted by Gasteiger charge is 2.37. The summed E-state index contributed by atoms with van der Waals surface area (Å²) in [6, 6.07) is 10.3. The standard InChI is InChI=1S/C30H48O3Si/c1-24(19-28(31)20-25(2)21-33-34(7,8)29(3,4)5)16-18-30(6)17-12-15-27(30)23-32-22-26-13-10-9-11-14-26/h9-11,13-16,25H,12,17-23H2,1-8H3/b24-16+/t25-,30+/m1/s1. The molecule has 0 aliphatic heterocycles. The Balaban J connectivity index is 1.78. The van der Waals surface area contributed by atoms with E-state index in [1.54, 1.807) is 0 Å². The third kappa shape index (κ3) is 8.94. The maximum Gasteiger partial charge on any atom is 0.191 e. The maximum absolute atomic E-state index is 12.7. The smallest absolute Gasteiger partial charge is 0.191 e. The zero-order chi connectivity index (χ0) is 25.4. The molecule has 0 fully saturated rings. The molecule has 0 unspecified atom stereocenters. The minimum atomic E-state index is -1.76. The third-order valence-corrected chi connectivity index (χ3v) is 12.2. The number of benzene rings is 1. The van der Waals surface area contributed by atoms with Crippen molar-refractivity contribution in [3.05, 3.63) is 59.2 Å². The molecule has 0 heterocycles. The molecule has 2 rings (SSSR count). The SMILES string of the molecule is C/C(=C\C[C@]1(C)CCC=C1COCc1ccccc1)CC(=O)C[C@@H](C)CO[Si](C)(C)C(C)(C)C. The molecule has 190 valence electrons. The van der Waals surface area contributed by atoms with Gasteiger partial charge in [-0.3, -0.25) is 4.79 Å². The van der Waals surface area contributed by atoms with Gasteiger partial charge >= 0.3 is 0 Å². The van der Waals surface area contributed by atoms with Gasteiger partial charge in [-0.05, 0) is 66.8 Å². The minimum Gasteiger partial charge on any atom is -0.417 e. The van der Waals surface area contributed by atoms with Crippen LogP contribution in [0.4, 0.5) is 0 Å². The fourth-order valence-corrected chi connectivity index (χ4v) is 5.30. The van der Waals surface area contributed by atoms with Gasteiger partial charge < -0.3 is 9.16 Å². The fourth-order valence-electron chi connectivity index (χ4n) is 4.16. The largest absolute Gasteiger partial charge is 0.417 e. The topological polar surface area (TPSA) is 35.5 Å². The van der Waals surface area contributed by atoms with Gasteiger partial charge in [0.05, 0.1) is 13.2 Å². The van der Waals surface area contributed by atoms with Gasteiger partial charge in [0.2, 0.25) is 0 Å². The van der Waals surface area contributed by atoms with Gasteiger partial charge in [0.15, 0.2) is 8.32 Å². The molecule has 2 atom stereocenters. The lowest BCUT2D eigenvalue weighted by Crippen LogP contribution is -2.41. The number of allylic oxidation sites excluding steroid dienone is 3. The van der Waals surface area contributed by atoms with Crippen LogP contribution >= 0.6 is 0 Å². The summed E-state index contributed by atoms with van der Waals surface area (Å²) in [7, 11) is -1.76. The van der Waals surface area contributed by atoms with E-state index in [4.69, 9.17) is 9.16 Å². The Kier molecular flexibility index (Phi) is 10.5. The van der Waals surface area contributed by atoms with Crippen LogP contribution in [-0.2, 0) is 20.6 Å². The van der Waals surface area contributed by atoms with E-state index in [0.29, 0.717) is 38.4 Å². The summed E-state index contributed by atoms with van der Waals surface area (Å²) in [5.41, 5.74) is 3.92. The first-order valence-corrected chi connectivity index (χ1v) is 15.9. The average molecular weight is 485 g/mol. The van der Waals surface area contributed by atoms with Crippen molar-refractivity contribution < 1.29 is 14.0 Å². The lowest BCUT2D eigenvalue weighted by atomic mass is 9.79. The normalized spacial score (nSPS) is 20.4. The summed E-state index contributed by atoms with van der Waals surface area (Å²) >= 11 is 0. The zero-order valence-corrected chi connectivity index (χ0v) is 24.0. The molecule has 0 saturated carbocycles. The second kappa shape index (κ2) is 12.5. The van der Waals surface area contributed by atoms with Crippen LogP contribution in [0.15, 0.2) is 53.6 Å². The molecule has 1 aromatic carbocycles. The zero-order valence-electron chi connectivity index (χ0n) is 23.0. The summed E-state index contributed by atoms with van der Waals surface area (Å²) in [6.45, 7) is 19.9. The van der Waals surface area contributed by atoms with Crippen LogP contribution in [0, 0.1) is 11.3 Å². The van der Waals surface area contributed by atoms with E-state index in [2.05, 4.69) is 91.1 Å². The van der Waals surface area contributed by atoms with Gasteiger partial charge in [-0.1, -0.05) is 82.7 Å². The second-order valence-corrected chi connectivity index (χ2v) is 17.0. The van der Waals surface area contributed by atoms with Gasteiger partial charge in [-0.25, -0.2) is 0 Å². The molecule has 0 spiro atoms. The van der Waals surface area contributed by atoms with Crippen LogP contribution in [0.2, 0.25) is 18.1 Å². The molecule has 0 saturated heterocycles. The third-order valence-electron chi connectivity index (χ3n) is 7.72. The summed E-state index contributed by atoms with van der Waals surface area (Å²) in [5, 5.41) is 0.201. The molecule has 0 radical (unpaired) electrons. The molecule has 1 aliphatic rings. The van der Waals surface area contributed by atoms with E-state index < -0.39 is 8.32 Å². The Bertz CT molecular complexity index is 848. The van der Waals surface area contributed by atoms with Gasteiger partial charge in [-0.15, -0.1) is 0 Å². The molecule has 0 aromatic heterocycles. The first-order chi connectivity index (χ1) is 15.8. The molecular weight excluding hydrogens is 436 g/mol.